The highest BCUT2D eigenvalue weighted by molar-refractivity contribution is 4.78. The number of hydrogen-bond donors (Lipinski definition) is 1. The molecular formula is C14H27N. The molecule has 0 aromatic carbocycles. The van der Waals surface area contributed by atoms with Crippen molar-refractivity contribution < 1.29 is 0 Å². The van der Waals surface area contributed by atoms with Gasteiger partial charge in [0.15, 0.2) is 0 Å². The molecule has 88 valence electrons. The van der Waals surface area contributed by atoms with Crippen LogP contribution in [0.25, 0.3) is 0 Å². The normalized spacial score (nSPS) is 27.2. The van der Waals surface area contributed by atoms with E-state index in [4.69, 9.17) is 0 Å². The summed E-state index contributed by atoms with van der Waals surface area (Å²) < 4.78 is 0. The average Bonchev–Trinajstić information content (AvgIpc) is 2.23. The Kier molecular flexibility index (Phi) is 4.98. The Bertz CT molecular complexity index is 153. The highest BCUT2D eigenvalue weighted by Crippen LogP contribution is 2.22. The lowest BCUT2D eigenvalue weighted by Crippen LogP contribution is -2.39. The van der Waals surface area contributed by atoms with Crippen LogP contribution in [0.15, 0.2) is 0 Å². The van der Waals surface area contributed by atoms with Crippen LogP contribution in [0.3, 0.4) is 0 Å². The number of rotatable bonds is 2. The molecule has 0 aliphatic heterocycles. The van der Waals surface area contributed by atoms with E-state index in [1.54, 1.807) is 0 Å². The summed E-state index contributed by atoms with van der Waals surface area (Å²) in [4.78, 5) is 0. The van der Waals surface area contributed by atoms with Crippen molar-refractivity contribution >= 4 is 0 Å². The average molecular weight is 209 g/mol. The first-order valence-corrected chi connectivity index (χ1v) is 7.21. The third kappa shape index (κ3) is 4.14. The quantitative estimate of drug-likeness (QED) is 0.724. The number of hydrogen-bond acceptors (Lipinski definition) is 1. The molecule has 0 saturated heterocycles. The van der Waals surface area contributed by atoms with Crippen molar-refractivity contribution in [2.75, 3.05) is 0 Å². The van der Waals surface area contributed by atoms with Gasteiger partial charge in [-0.15, -0.1) is 0 Å². The van der Waals surface area contributed by atoms with Crippen LogP contribution in [-0.2, 0) is 0 Å². The SMILES string of the molecule is C1CCCC(NC2CCCCC2)CCC1. The third-order valence-electron chi connectivity index (χ3n) is 4.18. The summed E-state index contributed by atoms with van der Waals surface area (Å²) in [7, 11) is 0. The summed E-state index contributed by atoms with van der Waals surface area (Å²) in [5, 5.41) is 3.93. The van der Waals surface area contributed by atoms with E-state index in [2.05, 4.69) is 5.32 Å². The Labute approximate surface area is 95.0 Å². The molecule has 0 aromatic heterocycles. The van der Waals surface area contributed by atoms with E-state index in [0.29, 0.717) is 0 Å². The molecule has 2 fully saturated rings. The zero-order valence-corrected chi connectivity index (χ0v) is 10.1. The molecule has 1 nitrogen and oxygen atoms in total. The Morgan fingerprint density at radius 2 is 0.800 bits per heavy atom. The standard InChI is InChI=1S/C14H27N/c1-2-5-9-13(10-6-3-1)15-14-11-7-4-8-12-14/h13-15H,1-12H2. The van der Waals surface area contributed by atoms with Gasteiger partial charge in [0.2, 0.25) is 0 Å². The van der Waals surface area contributed by atoms with Gasteiger partial charge in [-0.25, -0.2) is 0 Å². The molecular weight excluding hydrogens is 182 g/mol. The van der Waals surface area contributed by atoms with Gasteiger partial charge in [-0.05, 0) is 25.7 Å². The molecule has 0 radical (unpaired) electrons. The van der Waals surface area contributed by atoms with Crippen LogP contribution < -0.4 is 5.32 Å². The van der Waals surface area contributed by atoms with E-state index in [1.807, 2.05) is 0 Å². The maximum absolute atomic E-state index is 3.93. The monoisotopic (exact) mass is 209 g/mol. The first-order chi connectivity index (χ1) is 7.45. The van der Waals surface area contributed by atoms with Gasteiger partial charge in [0.05, 0.1) is 0 Å². The molecule has 0 aromatic rings. The van der Waals surface area contributed by atoms with Crippen molar-refractivity contribution in [3.8, 4) is 0 Å². The molecule has 0 atom stereocenters. The van der Waals surface area contributed by atoms with Gasteiger partial charge in [0.25, 0.3) is 0 Å². The number of nitrogens with one attached hydrogen (secondary N) is 1. The molecule has 2 saturated carbocycles. The van der Waals surface area contributed by atoms with Crippen LogP contribution in [0.2, 0.25) is 0 Å². The van der Waals surface area contributed by atoms with Crippen molar-refractivity contribution in [2.45, 2.75) is 89.1 Å². The Hall–Kier alpha value is -0.0400. The van der Waals surface area contributed by atoms with Crippen LogP contribution >= 0.6 is 0 Å². The van der Waals surface area contributed by atoms with E-state index >= 15 is 0 Å². The van der Waals surface area contributed by atoms with E-state index in [1.165, 1.54) is 77.0 Å². The van der Waals surface area contributed by atoms with Gasteiger partial charge in [0, 0.05) is 12.1 Å². The van der Waals surface area contributed by atoms with Crippen molar-refractivity contribution in [3.63, 3.8) is 0 Å². The van der Waals surface area contributed by atoms with Crippen molar-refractivity contribution in [1.82, 2.24) is 5.32 Å². The van der Waals surface area contributed by atoms with Crippen LogP contribution in [0.4, 0.5) is 0 Å². The second kappa shape index (κ2) is 6.52. The summed E-state index contributed by atoms with van der Waals surface area (Å²) in [6.45, 7) is 0. The predicted molar refractivity (Wildman–Crippen MR) is 66.1 cm³/mol. The van der Waals surface area contributed by atoms with Crippen LogP contribution in [0.1, 0.15) is 77.0 Å². The summed E-state index contributed by atoms with van der Waals surface area (Å²) >= 11 is 0. The molecule has 15 heavy (non-hydrogen) atoms. The Morgan fingerprint density at radius 1 is 0.467 bits per heavy atom. The smallest absolute Gasteiger partial charge is 0.00696 e. The van der Waals surface area contributed by atoms with Gasteiger partial charge >= 0.3 is 0 Å². The highest BCUT2D eigenvalue weighted by atomic mass is 14.9. The molecule has 0 unspecified atom stereocenters. The molecule has 1 N–H and O–H groups in total. The summed E-state index contributed by atoms with van der Waals surface area (Å²) in [5.74, 6) is 0. The van der Waals surface area contributed by atoms with Gasteiger partial charge in [0.1, 0.15) is 0 Å². The second-order valence-electron chi connectivity index (χ2n) is 5.54. The van der Waals surface area contributed by atoms with E-state index < -0.39 is 0 Å². The first kappa shape index (κ1) is 11.4. The van der Waals surface area contributed by atoms with E-state index in [9.17, 15) is 0 Å². The minimum atomic E-state index is 0.855. The van der Waals surface area contributed by atoms with Gasteiger partial charge in [-0.1, -0.05) is 51.4 Å². The van der Waals surface area contributed by atoms with Gasteiger partial charge in [-0.2, -0.15) is 0 Å². The zero-order chi connectivity index (χ0) is 10.3. The van der Waals surface area contributed by atoms with Crippen molar-refractivity contribution in [3.05, 3.63) is 0 Å². The maximum Gasteiger partial charge on any atom is 0.00696 e. The van der Waals surface area contributed by atoms with Crippen molar-refractivity contribution in [2.24, 2.45) is 0 Å². The third-order valence-corrected chi connectivity index (χ3v) is 4.18. The fourth-order valence-corrected chi connectivity index (χ4v) is 3.23. The molecule has 0 spiro atoms. The van der Waals surface area contributed by atoms with Crippen LogP contribution in [0.5, 0.6) is 0 Å². The molecule has 2 rings (SSSR count). The molecule has 0 amide bonds. The second-order valence-corrected chi connectivity index (χ2v) is 5.54. The Morgan fingerprint density at radius 3 is 1.27 bits per heavy atom. The predicted octanol–water partition coefficient (Wildman–Crippen LogP) is 4.02. The zero-order valence-electron chi connectivity index (χ0n) is 10.1. The Balaban J connectivity index is 1.70. The maximum atomic E-state index is 3.93. The van der Waals surface area contributed by atoms with Gasteiger partial charge in [-0.3, -0.25) is 0 Å². The molecule has 2 aliphatic carbocycles. The lowest BCUT2D eigenvalue weighted by atomic mass is 9.92. The van der Waals surface area contributed by atoms with E-state index in [-0.39, 0.29) is 0 Å². The topological polar surface area (TPSA) is 12.0 Å². The fourth-order valence-electron chi connectivity index (χ4n) is 3.23. The fraction of sp³-hybridized carbons (Fsp3) is 1.00. The highest BCUT2D eigenvalue weighted by Gasteiger charge is 2.18. The summed E-state index contributed by atoms with van der Waals surface area (Å²) in [5.41, 5.74) is 0. The first-order valence-electron chi connectivity index (χ1n) is 7.21. The van der Waals surface area contributed by atoms with Gasteiger partial charge < -0.3 is 5.32 Å². The largest absolute Gasteiger partial charge is 0.311 e. The van der Waals surface area contributed by atoms with Crippen molar-refractivity contribution in [1.29, 1.82) is 0 Å². The van der Waals surface area contributed by atoms with Crippen LogP contribution in [-0.4, -0.2) is 12.1 Å². The lowest BCUT2D eigenvalue weighted by molar-refractivity contribution is 0.301. The molecule has 1 heteroatoms. The molecule has 0 heterocycles. The molecule has 2 aliphatic rings. The summed E-state index contributed by atoms with van der Waals surface area (Å²) in [6, 6.07) is 1.72. The lowest BCUT2D eigenvalue weighted by Gasteiger charge is -2.29. The van der Waals surface area contributed by atoms with Crippen LogP contribution in [0, 0.1) is 0 Å². The molecule has 0 bridgehead atoms. The minimum Gasteiger partial charge on any atom is -0.311 e. The summed E-state index contributed by atoms with van der Waals surface area (Å²) in [6.07, 6.45) is 17.5. The van der Waals surface area contributed by atoms with E-state index in [0.717, 1.165) is 12.1 Å². The minimum absolute atomic E-state index is 0.855.